The average molecular weight is 243 g/mol. The second kappa shape index (κ2) is 9.79. The molecule has 2 atom stereocenters. The second-order valence-corrected chi connectivity index (χ2v) is 4.87. The highest BCUT2D eigenvalue weighted by Gasteiger charge is 2.04. The topological polar surface area (TPSA) is 60.1 Å². The number of hydrogen-bond donors (Lipinski definition) is 5. The van der Waals surface area contributed by atoms with Crippen LogP contribution in [0.5, 0.6) is 0 Å². The lowest BCUT2D eigenvalue weighted by atomic mass is 10.2. The van der Waals surface area contributed by atoms with Gasteiger partial charge in [0, 0.05) is 64.4 Å². The highest BCUT2D eigenvalue weighted by molar-refractivity contribution is 4.71. The van der Waals surface area contributed by atoms with Crippen molar-refractivity contribution in [3.05, 3.63) is 0 Å². The highest BCUT2D eigenvalue weighted by Crippen LogP contribution is 1.83. The van der Waals surface area contributed by atoms with Gasteiger partial charge in [0.05, 0.1) is 0 Å². The Morgan fingerprint density at radius 3 is 1.82 bits per heavy atom. The number of nitrogens with one attached hydrogen (secondary N) is 5. The van der Waals surface area contributed by atoms with Gasteiger partial charge in [-0.25, -0.2) is 0 Å². The van der Waals surface area contributed by atoms with Crippen molar-refractivity contribution in [2.75, 3.05) is 52.4 Å². The predicted octanol–water partition coefficient (Wildman–Crippen LogP) is -1.27. The molecule has 102 valence electrons. The molecule has 5 heteroatoms. The minimum Gasteiger partial charge on any atom is -0.314 e. The van der Waals surface area contributed by atoms with Crippen molar-refractivity contribution in [1.82, 2.24) is 26.6 Å². The van der Waals surface area contributed by atoms with E-state index < -0.39 is 0 Å². The maximum Gasteiger partial charge on any atom is 0.0164 e. The smallest absolute Gasteiger partial charge is 0.0164 e. The molecule has 1 fully saturated rings. The fourth-order valence-corrected chi connectivity index (χ4v) is 1.85. The van der Waals surface area contributed by atoms with Crippen LogP contribution in [-0.2, 0) is 0 Å². The van der Waals surface area contributed by atoms with Crippen molar-refractivity contribution >= 4 is 0 Å². The van der Waals surface area contributed by atoms with E-state index in [0.29, 0.717) is 12.1 Å². The molecule has 0 aromatic rings. The van der Waals surface area contributed by atoms with Gasteiger partial charge in [-0.2, -0.15) is 0 Å². The molecular weight excluding hydrogens is 214 g/mol. The van der Waals surface area contributed by atoms with Gasteiger partial charge >= 0.3 is 0 Å². The van der Waals surface area contributed by atoms with Gasteiger partial charge in [-0.3, -0.25) is 0 Å². The Balaban J connectivity index is 2.20. The molecule has 1 aliphatic rings. The average Bonchev–Trinajstić information content (AvgIpc) is 2.33. The highest BCUT2D eigenvalue weighted by atomic mass is 15.0. The summed E-state index contributed by atoms with van der Waals surface area (Å²) in [5.41, 5.74) is 0. The van der Waals surface area contributed by atoms with Crippen molar-refractivity contribution in [1.29, 1.82) is 0 Å². The van der Waals surface area contributed by atoms with Crippen LogP contribution in [0.15, 0.2) is 0 Å². The summed E-state index contributed by atoms with van der Waals surface area (Å²) in [6.45, 7) is 12.8. The maximum absolute atomic E-state index is 3.54. The molecule has 0 bridgehead atoms. The molecule has 0 aliphatic carbocycles. The fraction of sp³-hybridized carbons (Fsp3) is 1.00. The molecule has 0 amide bonds. The summed E-state index contributed by atoms with van der Waals surface area (Å²) >= 11 is 0. The van der Waals surface area contributed by atoms with Crippen molar-refractivity contribution < 1.29 is 0 Å². The molecule has 5 N–H and O–H groups in total. The van der Waals surface area contributed by atoms with Gasteiger partial charge in [0.2, 0.25) is 0 Å². The van der Waals surface area contributed by atoms with E-state index in [2.05, 4.69) is 40.4 Å². The quantitative estimate of drug-likeness (QED) is 0.367. The molecule has 1 heterocycles. The van der Waals surface area contributed by atoms with Gasteiger partial charge in [0.1, 0.15) is 0 Å². The molecule has 5 nitrogen and oxygen atoms in total. The van der Waals surface area contributed by atoms with E-state index in [4.69, 9.17) is 0 Å². The Labute approximate surface area is 105 Å². The van der Waals surface area contributed by atoms with Gasteiger partial charge < -0.3 is 26.6 Å². The molecule has 0 unspecified atom stereocenters. The molecule has 0 saturated carbocycles. The third kappa shape index (κ3) is 8.51. The van der Waals surface area contributed by atoms with Gasteiger partial charge in [-0.15, -0.1) is 0 Å². The molecular formula is C12H29N5. The van der Waals surface area contributed by atoms with Gasteiger partial charge in [0.25, 0.3) is 0 Å². The Bertz CT molecular complexity index is 158. The molecule has 0 spiro atoms. The van der Waals surface area contributed by atoms with Gasteiger partial charge in [-0.1, -0.05) is 0 Å². The predicted molar refractivity (Wildman–Crippen MR) is 73.5 cm³/mol. The zero-order valence-electron chi connectivity index (χ0n) is 11.3. The van der Waals surface area contributed by atoms with Gasteiger partial charge in [-0.05, 0) is 13.8 Å². The van der Waals surface area contributed by atoms with Crippen LogP contribution in [0.25, 0.3) is 0 Å². The number of hydrogen-bond acceptors (Lipinski definition) is 5. The van der Waals surface area contributed by atoms with Crippen LogP contribution in [0, 0.1) is 0 Å². The largest absolute Gasteiger partial charge is 0.314 e. The first-order valence-electron chi connectivity index (χ1n) is 6.88. The van der Waals surface area contributed by atoms with E-state index in [-0.39, 0.29) is 0 Å². The van der Waals surface area contributed by atoms with Crippen LogP contribution < -0.4 is 26.6 Å². The molecule has 1 saturated heterocycles. The zero-order chi connectivity index (χ0) is 12.3. The number of rotatable bonds is 0. The maximum atomic E-state index is 3.54. The van der Waals surface area contributed by atoms with Crippen LogP contribution in [0.1, 0.15) is 13.8 Å². The molecule has 0 aromatic carbocycles. The lowest BCUT2D eigenvalue weighted by molar-refractivity contribution is 0.445. The second-order valence-electron chi connectivity index (χ2n) is 4.87. The standard InChI is InChI=1S/C12H29N5/c1-11-9-15-6-5-13-3-4-14-7-8-16-12(2)10-17-11/h11-17H,3-10H2,1-2H3/t11-,12-/m0/s1. The van der Waals surface area contributed by atoms with Crippen LogP contribution in [-0.4, -0.2) is 64.4 Å². The lowest BCUT2D eigenvalue weighted by Gasteiger charge is -2.19. The van der Waals surface area contributed by atoms with Crippen LogP contribution in [0.4, 0.5) is 0 Å². The Morgan fingerprint density at radius 1 is 0.588 bits per heavy atom. The summed E-state index contributed by atoms with van der Waals surface area (Å²) in [4.78, 5) is 0. The minimum atomic E-state index is 0.530. The third-order valence-corrected chi connectivity index (χ3v) is 2.97. The van der Waals surface area contributed by atoms with Crippen molar-refractivity contribution in [2.45, 2.75) is 25.9 Å². The minimum absolute atomic E-state index is 0.530. The SMILES string of the molecule is C[C@H]1CNCCNCCNCCN[C@@H](C)CN1. The summed E-state index contributed by atoms with van der Waals surface area (Å²) < 4.78 is 0. The summed E-state index contributed by atoms with van der Waals surface area (Å²) in [6.07, 6.45) is 0. The van der Waals surface area contributed by atoms with Gasteiger partial charge in [0.15, 0.2) is 0 Å². The molecule has 0 aromatic heterocycles. The molecule has 0 radical (unpaired) electrons. The molecule has 17 heavy (non-hydrogen) atoms. The lowest BCUT2D eigenvalue weighted by Crippen LogP contribution is -2.45. The third-order valence-electron chi connectivity index (χ3n) is 2.97. The summed E-state index contributed by atoms with van der Waals surface area (Å²) in [5, 5.41) is 17.3. The van der Waals surface area contributed by atoms with Crippen molar-refractivity contribution in [2.24, 2.45) is 0 Å². The first kappa shape index (κ1) is 14.9. The summed E-state index contributed by atoms with van der Waals surface area (Å²) in [7, 11) is 0. The first-order valence-corrected chi connectivity index (χ1v) is 6.88. The van der Waals surface area contributed by atoms with E-state index in [1.54, 1.807) is 0 Å². The zero-order valence-corrected chi connectivity index (χ0v) is 11.3. The van der Waals surface area contributed by atoms with E-state index in [9.17, 15) is 0 Å². The Morgan fingerprint density at radius 2 is 1.12 bits per heavy atom. The molecule has 1 rings (SSSR count). The van der Waals surface area contributed by atoms with E-state index in [1.807, 2.05) is 0 Å². The van der Waals surface area contributed by atoms with Crippen LogP contribution in [0.2, 0.25) is 0 Å². The summed E-state index contributed by atoms with van der Waals surface area (Å²) in [6, 6.07) is 1.06. The monoisotopic (exact) mass is 243 g/mol. The Hall–Kier alpha value is -0.200. The Kier molecular flexibility index (Phi) is 8.56. The van der Waals surface area contributed by atoms with E-state index in [1.165, 1.54) is 0 Å². The van der Waals surface area contributed by atoms with Crippen molar-refractivity contribution in [3.8, 4) is 0 Å². The van der Waals surface area contributed by atoms with Crippen LogP contribution >= 0.6 is 0 Å². The molecule has 1 aliphatic heterocycles. The van der Waals surface area contributed by atoms with E-state index in [0.717, 1.165) is 52.4 Å². The van der Waals surface area contributed by atoms with Crippen LogP contribution in [0.3, 0.4) is 0 Å². The first-order chi connectivity index (χ1) is 8.29. The summed E-state index contributed by atoms with van der Waals surface area (Å²) in [5.74, 6) is 0. The fourth-order valence-electron chi connectivity index (χ4n) is 1.85. The van der Waals surface area contributed by atoms with E-state index >= 15 is 0 Å². The normalized spacial score (nSPS) is 31.4. The van der Waals surface area contributed by atoms with Crippen molar-refractivity contribution in [3.63, 3.8) is 0 Å².